The van der Waals surface area contributed by atoms with Gasteiger partial charge in [0.15, 0.2) is 0 Å². The lowest BCUT2D eigenvalue weighted by Gasteiger charge is -2.37. The first-order valence-corrected chi connectivity index (χ1v) is 8.53. The molecule has 2 amide bonds. The highest BCUT2D eigenvalue weighted by Gasteiger charge is 2.53. The summed E-state index contributed by atoms with van der Waals surface area (Å²) in [5.74, 6) is -1.22. The highest BCUT2D eigenvalue weighted by atomic mass is 19.1. The van der Waals surface area contributed by atoms with Crippen molar-refractivity contribution < 1.29 is 14.0 Å². The molecule has 1 saturated heterocycles. The number of carbonyl (C=O) groups excluding carboxylic acids is 2. The Morgan fingerprint density at radius 3 is 2.54 bits per heavy atom. The minimum atomic E-state index is -0.732. The number of halogens is 1. The van der Waals surface area contributed by atoms with Gasteiger partial charge in [0.05, 0.1) is 23.5 Å². The summed E-state index contributed by atoms with van der Waals surface area (Å²) < 4.78 is 13.2. The van der Waals surface area contributed by atoms with Crippen molar-refractivity contribution in [1.82, 2.24) is 25.0 Å². The van der Waals surface area contributed by atoms with E-state index in [-0.39, 0.29) is 6.54 Å². The van der Waals surface area contributed by atoms with Crippen LogP contribution in [0, 0.1) is 0 Å². The predicted molar refractivity (Wildman–Crippen MR) is 90.3 cm³/mol. The molecule has 3 heterocycles. The molecule has 8 heteroatoms. The number of hydrogen-bond acceptors (Lipinski definition) is 5. The smallest absolute Gasteiger partial charge is 0.312 e. The Morgan fingerprint density at radius 1 is 1.08 bits per heavy atom. The Morgan fingerprint density at radius 2 is 1.92 bits per heavy atom. The van der Waals surface area contributed by atoms with Gasteiger partial charge < -0.3 is 9.80 Å². The molecular formula is C18H18FN5O2. The van der Waals surface area contributed by atoms with Crippen LogP contribution in [0.3, 0.4) is 0 Å². The summed E-state index contributed by atoms with van der Waals surface area (Å²) in [7, 11) is 0. The number of alkyl halides is 1. The lowest BCUT2D eigenvalue weighted by atomic mass is 10.1. The van der Waals surface area contributed by atoms with E-state index in [0.717, 1.165) is 5.56 Å². The fourth-order valence-corrected chi connectivity index (χ4v) is 3.21. The van der Waals surface area contributed by atoms with Gasteiger partial charge in [-0.25, -0.2) is 4.39 Å². The SMILES string of the molecule is O=C1C(=O)N(C2(CF)CC2)CCN1Cc1ccc(-c2cccnc2)nn1. The third-order valence-electron chi connectivity index (χ3n) is 4.99. The zero-order valence-electron chi connectivity index (χ0n) is 14.1. The molecule has 0 radical (unpaired) electrons. The first kappa shape index (κ1) is 16.6. The van der Waals surface area contributed by atoms with E-state index >= 15 is 0 Å². The monoisotopic (exact) mass is 355 g/mol. The molecule has 2 aliphatic rings. The van der Waals surface area contributed by atoms with Crippen LogP contribution in [0.15, 0.2) is 36.7 Å². The molecule has 0 bridgehead atoms. The second kappa shape index (κ2) is 6.44. The molecule has 0 aromatic carbocycles. The third-order valence-corrected chi connectivity index (χ3v) is 4.99. The maximum Gasteiger partial charge on any atom is 0.312 e. The topological polar surface area (TPSA) is 79.3 Å². The maximum absolute atomic E-state index is 13.2. The number of aromatic nitrogens is 3. The summed E-state index contributed by atoms with van der Waals surface area (Å²) >= 11 is 0. The van der Waals surface area contributed by atoms with Gasteiger partial charge in [-0.1, -0.05) is 0 Å². The fourth-order valence-electron chi connectivity index (χ4n) is 3.21. The highest BCUT2D eigenvalue weighted by molar-refractivity contribution is 6.35. The molecule has 1 aliphatic carbocycles. The molecule has 2 aromatic rings. The zero-order valence-corrected chi connectivity index (χ0v) is 14.1. The van der Waals surface area contributed by atoms with E-state index in [0.29, 0.717) is 37.3 Å². The molecule has 134 valence electrons. The van der Waals surface area contributed by atoms with E-state index in [1.165, 1.54) is 9.80 Å². The summed E-state index contributed by atoms with van der Waals surface area (Å²) in [6.07, 6.45) is 4.64. The van der Waals surface area contributed by atoms with E-state index in [9.17, 15) is 14.0 Å². The van der Waals surface area contributed by atoms with Crippen LogP contribution in [0.5, 0.6) is 0 Å². The molecule has 0 unspecified atom stereocenters. The molecule has 4 rings (SSSR count). The molecule has 0 N–H and O–H groups in total. The Bertz CT molecular complexity index is 823. The summed E-state index contributed by atoms with van der Waals surface area (Å²) in [5, 5.41) is 8.31. The predicted octanol–water partition coefficient (Wildman–Crippen LogP) is 1.21. The van der Waals surface area contributed by atoms with Crippen LogP contribution in [0.2, 0.25) is 0 Å². The van der Waals surface area contributed by atoms with Crippen LogP contribution in [0.4, 0.5) is 4.39 Å². The van der Waals surface area contributed by atoms with Gasteiger partial charge in [0.2, 0.25) is 0 Å². The van der Waals surface area contributed by atoms with Crippen molar-refractivity contribution in [3.8, 4) is 11.3 Å². The van der Waals surface area contributed by atoms with Crippen LogP contribution < -0.4 is 0 Å². The molecule has 1 saturated carbocycles. The Hall–Kier alpha value is -2.90. The van der Waals surface area contributed by atoms with E-state index in [1.54, 1.807) is 18.5 Å². The van der Waals surface area contributed by atoms with Gasteiger partial charge in [0, 0.05) is 31.0 Å². The Kier molecular flexibility index (Phi) is 4.10. The largest absolute Gasteiger partial charge is 0.327 e. The van der Waals surface area contributed by atoms with Crippen molar-refractivity contribution in [2.45, 2.75) is 24.9 Å². The summed E-state index contributed by atoms with van der Waals surface area (Å²) in [6.45, 7) is 0.350. The van der Waals surface area contributed by atoms with Gasteiger partial charge in [-0.15, -0.1) is 0 Å². The van der Waals surface area contributed by atoms with Gasteiger partial charge in [0.25, 0.3) is 0 Å². The number of pyridine rings is 1. The van der Waals surface area contributed by atoms with Crippen molar-refractivity contribution in [2.75, 3.05) is 19.8 Å². The Labute approximate surface area is 149 Å². The van der Waals surface area contributed by atoms with Gasteiger partial charge in [-0.2, -0.15) is 10.2 Å². The second-order valence-electron chi connectivity index (χ2n) is 6.69. The molecule has 2 fully saturated rings. The van der Waals surface area contributed by atoms with Crippen LogP contribution in [0.1, 0.15) is 18.5 Å². The number of piperazine rings is 1. The molecule has 26 heavy (non-hydrogen) atoms. The van der Waals surface area contributed by atoms with Gasteiger partial charge in [0.1, 0.15) is 6.67 Å². The first-order valence-electron chi connectivity index (χ1n) is 8.53. The van der Waals surface area contributed by atoms with Gasteiger partial charge in [-0.05, 0) is 37.1 Å². The van der Waals surface area contributed by atoms with Crippen LogP contribution in [-0.2, 0) is 16.1 Å². The first-order chi connectivity index (χ1) is 12.6. The lowest BCUT2D eigenvalue weighted by Crippen LogP contribution is -2.58. The molecular weight excluding hydrogens is 337 g/mol. The van der Waals surface area contributed by atoms with Crippen molar-refractivity contribution in [3.63, 3.8) is 0 Å². The standard InChI is InChI=1S/C18H18FN5O2/c19-12-18(5-6-18)24-9-8-23(16(25)17(24)26)11-14-3-4-15(22-21-14)13-2-1-7-20-10-13/h1-4,7,10H,5-6,8-9,11-12H2. The summed E-state index contributed by atoms with van der Waals surface area (Å²) in [4.78, 5) is 31.6. The third kappa shape index (κ3) is 2.91. The minimum absolute atomic E-state index is 0.210. The molecule has 1 aliphatic heterocycles. The molecule has 2 aromatic heterocycles. The van der Waals surface area contributed by atoms with Gasteiger partial charge >= 0.3 is 11.8 Å². The second-order valence-corrected chi connectivity index (χ2v) is 6.69. The number of nitrogens with zero attached hydrogens (tertiary/aromatic N) is 5. The number of hydrogen-bond donors (Lipinski definition) is 0. The molecule has 0 atom stereocenters. The van der Waals surface area contributed by atoms with Crippen LogP contribution in [-0.4, -0.2) is 62.1 Å². The van der Waals surface area contributed by atoms with E-state index in [2.05, 4.69) is 15.2 Å². The fraction of sp³-hybridized carbons (Fsp3) is 0.389. The van der Waals surface area contributed by atoms with E-state index in [4.69, 9.17) is 0 Å². The lowest BCUT2D eigenvalue weighted by molar-refractivity contribution is -0.159. The van der Waals surface area contributed by atoms with Crippen molar-refractivity contribution in [3.05, 3.63) is 42.4 Å². The summed E-state index contributed by atoms with van der Waals surface area (Å²) in [6, 6.07) is 7.29. The molecule has 0 spiro atoms. The average Bonchev–Trinajstić information content (AvgIpc) is 3.48. The average molecular weight is 355 g/mol. The van der Waals surface area contributed by atoms with Crippen LogP contribution in [0.25, 0.3) is 11.3 Å². The van der Waals surface area contributed by atoms with E-state index in [1.807, 2.05) is 18.2 Å². The van der Waals surface area contributed by atoms with E-state index < -0.39 is 24.0 Å². The minimum Gasteiger partial charge on any atom is -0.327 e. The quantitative estimate of drug-likeness (QED) is 0.754. The summed E-state index contributed by atoms with van der Waals surface area (Å²) in [5.41, 5.74) is 1.41. The zero-order chi connectivity index (χ0) is 18.1. The van der Waals surface area contributed by atoms with Crippen molar-refractivity contribution >= 4 is 11.8 Å². The van der Waals surface area contributed by atoms with Crippen LogP contribution >= 0.6 is 0 Å². The normalized spacial score (nSPS) is 19.0. The maximum atomic E-state index is 13.2. The van der Waals surface area contributed by atoms with Crippen molar-refractivity contribution in [2.24, 2.45) is 0 Å². The highest BCUT2D eigenvalue weighted by Crippen LogP contribution is 2.42. The molecule has 7 nitrogen and oxygen atoms in total. The van der Waals surface area contributed by atoms with Crippen molar-refractivity contribution in [1.29, 1.82) is 0 Å². The number of rotatable bonds is 5. The Balaban J connectivity index is 1.43. The van der Waals surface area contributed by atoms with Gasteiger partial charge in [-0.3, -0.25) is 14.6 Å². The number of carbonyl (C=O) groups is 2. The number of amides is 2.